The van der Waals surface area contributed by atoms with E-state index in [-0.39, 0.29) is 24.6 Å². The number of carboxylic acid groups (broad SMARTS) is 1. The molecule has 1 fully saturated rings. The lowest BCUT2D eigenvalue weighted by atomic mass is 9.82. The molecule has 0 saturated heterocycles. The second-order valence-corrected chi connectivity index (χ2v) is 5.39. The lowest BCUT2D eigenvalue weighted by molar-refractivity contribution is -0.138. The lowest BCUT2D eigenvalue weighted by Crippen LogP contribution is -2.49. The van der Waals surface area contributed by atoms with Gasteiger partial charge in [-0.2, -0.15) is 0 Å². The number of hydrogen-bond acceptors (Lipinski definition) is 3. The summed E-state index contributed by atoms with van der Waals surface area (Å²) in [6.45, 7) is 4.70. The van der Waals surface area contributed by atoms with Crippen LogP contribution in [0.3, 0.4) is 0 Å². The molecule has 0 heterocycles. The predicted molar refractivity (Wildman–Crippen MR) is 70.9 cm³/mol. The molecule has 2 N–H and O–H groups in total. The molecule has 0 aromatic heterocycles. The van der Waals surface area contributed by atoms with Crippen molar-refractivity contribution in [3.63, 3.8) is 0 Å². The topological polar surface area (TPSA) is 81.1 Å². The number of aliphatic hydroxyl groups is 1. The number of carbonyl (C=O) groups is 2. The largest absolute Gasteiger partial charge is 0.481 e. The van der Waals surface area contributed by atoms with Gasteiger partial charge < -0.3 is 20.0 Å². The molecule has 1 saturated carbocycles. The Hall–Kier alpha value is -1.30. The Balaban J connectivity index is 2.49. The monoisotopic (exact) mass is 272 g/mol. The van der Waals surface area contributed by atoms with Gasteiger partial charge in [-0.15, -0.1) is 0 Å². The van der Waals surface area contributed by atoms with Crippen LogP contribution in [0.4, 0.5) is 4.79 Å². The van der Waals surface area contributed by atoms with Crippen LogP contribution in [-0.4, -0.2) is 64.3 Å². The van der Waals surface area contributed by atoms with E-state index >= 15 is 0 Å². The quantitative estimate of drug-likeness (QED) is 0.755. The molecule has 1 aliphatic rings. The molecule has 0 bridgehead atoms. The van der Waals surface area contributed by atoms with Gasteiger partial charge in [0.2, 0.25) is 0 Å². The average Bonchev–Trinajstić information content (AvgIpc) is 2.26. The summed E-state index contributed by atoms with van der Waals surface area (Å²) in [7, 11) is 1.73. The number of nitrogens with zero attached hydrogens (tertiary/aromatic N) is 2. The first kappa shape index (κ1) is 15.8. The number of urea groups is 1. The summed E-state index contributed by atoms with van der Waals surface area (Å²) in [4.78, 5) is 26.2. The standard InChI is InChI=1S/C13H24N2O4/c1-4-15(9(2)5-12(17)18)13(19)14(3)8-10-6-11(16)7-10/h9-11,16H,4-8H2,1-3H3,(H,17,18). The maximum absolute atomic E-state index is 12.3. The molecule has 110 valence electrons. The molecule has 1 atom stereocenters. The highest BCUT2D eigenvalue weighted by Crippen LogP contribution is 2.27. The van der Waals surface area contributed by atoms with Crippen molar-refractivity contribution >= 4 is 12.0 Å². The molecular formula is C13H24N2O4. The summed E-state index contributed by atoms with van der Waals surface area (Å²) >= 11 is 0. The zero-order valence-corrected chi connectivity index (χ0v) is 11.9. The summed E-state index contributed by atoms with van der Waals surface area (Å²) < 4.78 is 0. The minimum atomic E-state index is -0.900. The number of carbonyl (C=O) groups excluding carboxylic acids is 1. The van der Waals surface area contributed by atoms with E-state index < -0.39 is 5.97 Å². The first-order valence-electron chi connectivity index (χ1n) is 6.76. The molecule has 0 radical (unpaired) electrons. The number of amides is 2. The molecule has 0 aromatic carbocycles. The normalized spacial score (nSPS) is 23.4. The molecule has 1 aliphatic carbocycles. The summed E-state index contributed by atoms with van der Waals surface area (Å²) in [6, 6.07) is -0.456. The van der Waals surface area contributed by atoms with Gasteiger partial charge >= 0.3 is 12.0 Å². The smallest absolute Gasteiger partial charge is 0.319 e. The molecule has 6 heteroatoms. The zero-order chi connectivity index (χ0) is 14.6. The maximum atomic E-state index is 12.3. The van der Waals surface area contributed by atoms with Crippen LogP contribution < -0.4 is 0 Å². The molecule has 6 nitrogen and oxygen atoms in total. The van der Waals surface area contributed by atoms with Crippen molar-refractivity contribution in [2.45, 2.75) is 45.3 Å². The molecule has 2 amide bonds. The second kappa shape index (κ2) is 6.75. The Bertz CT molecular complexity index is 329. The van der Waals surface area contributed by atoms with E-state index in [0.717, 1.165) is 12.8 Å². The van der Waals surface area contributed by atoms with Gasteiger partial charge in [0.25, 0.3) is 0 Å². The summed E-state index contributed by atoms with van der Waals surface area (Å²) in [5, 5.41) is 18.0. The van der Waals surface area contributed by atoms with Crippen LogP contribution in [-0.2, 0) is 4.79 Å². The van der Waals surface area contributed by atoms with Gasteiger partial charge in [0.05, 0.1) is 12.5 Å². The number of rotatable bonds is 6. The third-order valence-electron chi connectivity index (χ3n) is 3.66. The van der Waals surface area contributed by atoms with E-state index in [1.54, 1.807) is 23.8 Å². The fourth-order valence-electron chi connectivity index (χ4n) is 2.53. The van der Waals surface area contributed by atoms with E-state index in [9.17, 15) is 14.7 Å². The van der Waals surface area contributed by atoms with E-state index in [1.165, 1.54) is 0 Å². The molecule has 1 rings (SSSR count). The summed E-state index contributed by atoms with van der Waals surface area (Å²) in [6.07, 6.45) is 1.22. The van der Waals surface area contributed by atoms with Gasteiger partial charge in [-0.05, 0) is 32.6 Å². The highest BCUT2D eigenvalue weighted by molar-refractivity contribution is 5.75. The minimum Gasteiger partial charge on any atom is -0.481 e. The third kappa shape index (κ3) is 4.38. The van der Waals surface area contributed by atoms with Gasteiger partial charge in [0.15, 0.2) is 0 Å². The zero-order valence-electron chi connectivity index (χ0n) is 11.9. The first-order valence-corrected chi connectivity index (χ1v) is 6.76. The Labute approximate surface area is 114 Å². The fourth-order valence-corrected chi connectivity index (χ4v) is 2.53. The van der Waals surface area contributed by atoms with Crippen LogP contribution in [0.15, 0.2) is 0 Å². The number of hydrogen-bond donors (Lipinski definition) is 2. The van der Waals surface area contributed by atoms with E-state index in [2.05, 4.69) is 0 Å². The van der Waals surface area contributed by atoms with E-state index in [1.807, 2.05) is 6.92 Å². The van der Waals surface area contributed by atoms with Gasteiger partial charge in [0, 0.05) is 26.2 Å². The molecule has 19 heavy (non-hydrogen) atoms. The maximum Gasteiger partial charge on any atom is 0.319 e. The highest BCUT2D eigenvalue weighted by Gasteiger charge is 2.31. The SMILES string of the molecule is CCN(C(=O)N(C)CC1CC(O)C1)C(C)CC(=O)O. The van der Waals surface area contributed by atoms with Crippen LogP contribution in [0.25, 0.3) is 0 Å². The third-order valence-corrected chi connectivity index (χ3v) is 3.66. The molecule has 0 spiro atoms. The van der Waals surface area contributed by atoms with E-state index in [4.69, 9.17) is 5.11 Å². The van der Waals surface area contributed by atoms with Crippen molar-refractivity contribution in [2.75, 3.05) is 20.1 Å². The fraction of sp³-hybridized carbons (Fsp3) is 0.846. The number of aliphatic carboxylic acids is 1. The lowest BCUT2D eigenvalue weighted by Gasteiger charge is -2.37. The van der Waals surface area contributed by atoms with Gasteiger partial charge in [-0.3, -0.25) is 4.79 Å². The van der Waals surface area contributed by atoms with E-state index in [0.29, 0.717) is 19.0 Å². The van der Waals surface area contributed by atoms with Crippen LogP contribution >= 0.6 is 0 Å². The molecule has 1 unspecified atom stereocenters. The Kier molecular flexibility index (Phi) is 5.60. The Morgan fingerprint density at radius 2 is 1.95 bits per heavy atom. The van der Waals surface area contributed by atoms with Crippen molar-refractivity contribution in [2.24, 2.45) is 5.92 Å². The Morgan fingerprint density at radius 1 is 1.37 bits per heavy atom. The first-order chi connectivity index (χ1) is 8.85. The average molecular weight is 272 g/mol. The van der Waals surface area contributed by atoms with Crippen molar-refractivity contribution < 1.29 is 19.8 Å². The van der Waals surface area contributed by atoms with Crippen molar-refractivity contribution in [3.05, 3.63) is 0 Å². The highest BCUT2D eigenvalue weighted by atomic mass is 16.4. The minimum absolute atomic E-state index is 0.0461. The number of aliphatic hydroxyl groups excluding tert-OH is 1. The number of carboxylic acids is 1. The predicted octanol–water partition coefficient (Wildman–Crippen LogP) is 0.994. The molecule has 0 aromatic rings. The van der Waals surface area contributed by atoms with Crippen molar-refractivity contribution in [1.29, 1.82) is 0 Å². The second-order valence-electron chi connectivity index (χ2n) is 5.39. The summed E-state index contributed by atoms with van der Waals surface area (Å²) in [5.74, 6) is -0.541. The van der Waals surface area contributed by atoms with Gasteiger partial charge in [0.1, 0.15) is 0 Å². The van der Waals surface area contributed by atoms with Gasteiger partial charge in [-0.1, -0.05) is 0 Å². The Morgan fingerprint density at radius 3 is 2.37 bits per heavy atom. The molecular weight excluding hydrogens is 248 g/mol. The van der Waals surface area contributed by atoms with Crippen LogP contribution in [0, 0.1) is 5.92 Å². The molecule has 0 aliphatic heterocycles. The van der Waals surface area contributed by atoms with Gasteiger partial charge in [-0.25, -0.2) is 4.79 Å². The summed E-state index contributed by atoms with van der Waals surface area (Å²) in [5.41, 5.74) is 0. The van der Waals surface area contributed by atoms with Crippen molar-refractivity contribution in [3.8, 4) is 0 Å². The van der Waals surface area contributed by atoms with Crippen LogP contribution in [0.1, 0.15) is 33.1 Å². The van der Waals surface area contributed by atoms with Crippen molar-refractivity contribution in [1.82, 2.24) is 9.80 Å². The van der Waals surface area contributed by atoms with Crippen LogP contribution in [0.2, 0.25) is 0 Å². The van der Waals surface area contributed by atoms with Crippen LogP contribution in [0.5, 0.6) is 0 Å².